The van der Waals surface area contributed by atoms with E-state index in [0.717, 1.165) is 44.4 Å². The van der Waals surface area contributed by atoms with Gasteiger partial charge in [-0.05, 0) is 26.0 Å². The second-order valence-electron chi connectivity index (χ2n) is 6.03. The van der Waals surface area contributed by atoms with Gasteiger partial charge in [0.15, 0.2) is 0 Å². The van der Waals surface area contributed by atoms with Gasteiger partial charge in [0.05, 0.1) is 0 Å². The molecule has 1 fully saturated rings. The fourth-order valence-electron chi connectivity index (χ4n) is 2.41. The molecule has 1 N–H and O–H groups in total. The van der Waals surface area contributed by atoms with Crippen LogP contribution in [-0.4, -0.2) is 65.6 Å². The molecule has 1 aliphatic rings. The third-order valence-electron chi connectivity index (χ3n) is 3.99. The number of piperazine rings is 1. The van der Waals surface area contributed by atoms with E-state index >= 15 is 0 Å². The van der Waals surface area contributed by atoms with Crippen molar-refractivity contribution in [2.24, 2.45) is 0 Å². The molecule has 0 bridgehead atoms. The number of nitrogens with one attached hydrogen (secondary N) is 1. The van der Waals surface area contributed by atoms with Gasteiger partial charge in [0.25, 0.3) is 0 Å². The van der Waals surface area contributed by atoms with Gasteiger partial charge in [-0.25, -0.2) is 9.97 Å². The first-order valence-corrected chi connectivity index (χ1v) is 7.55. The van der Waals surface area contributed by atoms with Gasteiger partial charge in [-0.2, -0.15) is 0 Å². The molecule has 0 saturated carbocycles. The minimum atomic E-state index is 0.439. The fraction of sp³-hybridized carbons (Fsp3) is 0.733. The maximum atomic E-state index is 4.55. The Bertz CT molecular complexity index is 412. The number of likely N-dealkylation sites (N-methyl/N-ethyl adjacent to an activating group) is 1. The van der Waals surface area contributed by atoms with Crippen molar-refractivity contribution in [2.45, 2.75) is 32.7 Å². The Morgan fingerprint density at radius 1 is 1.20 bits per heavy atom. The molecule has 1 aromatic heterocycles. The molecule has 0 spiro atoms. The fourth-order valence-corrected chi connectivity index (χ4v) is 2.41. The van der Waals surface area contributed by atoms with Crippen LogP contribution in [0.25, 0.3) is 0 Å². The Kier molecular flexibility index (Phi) is 5.31. The van der Waals surface area contributed by atoms with Crippen LogP contribution < -0.4 is 5.32 Å². The largest absolute Gasteiger partial charge is 0.353 e. The summed E-state index contributed by atoms with van der Waals surface area (Å²) in [6.45, 7) is 12.1. The summed E-state index contributed by atoms with van der Waals surface area (Å²) in [6, 6.07) is 2.50. The maximum Gasteiger partial charge on any atom is 0.222 e. The molecule has 0 aromatic carbocycles. The zero-order chi connectivity index (χ0) is 14.5. The minimum absolute atomic E-state index is 0.439. The van der Waals surface area contributed by atoms with E-state index in [1.807, 2.05) is 12.3 Å². The minimum Gasteiger partial charge on any atom is -0.353 e. The van der Waals surface area contributed by atoms with Crippen molar-refractivity contribution < 1.29 is 0 Å². The lowest BCUT2D eigenvalue weighted by molar-refractivity contribution is 0.123. The number of hydrogen-bond acceptors (Lipinski definition) is 5. The van der Waals surface area contributed by atoms with E-state index in [4.69, 9.17) is 0 Å². The normalized spacial score (nSPS) is 19.2. The first-order chi connectivity index (χ1) is 9.56. The Hall–Kier alpha value is -1.20. The third kappa shape index (κ3) is 4.15. The summed E-state index contributed by atoms with van der Waals surface area (Å²) >= 11 is 0. The number of anilines is 1. The summed E-state index contributed by atoms with van der Waals surface area (Å²) in [6.07, 6.45) is 1.84. The van der Waals surface area contributed by atoms with Crippen molar-refractivity contribution >= 4 is 5.95 Å². The molecule has 112 valence electrons. The SMILES string of the molecule is CC(C)c1ccnc(NCC(C)N2CCN(C)CC2)n1. The molecule has 2 heterocycles. The van der Waals surface area contributed by atoms with Crippen LogP contribution in [0.1, 0.15) is 32.4 Å². The van der Waals surface area contributed by atoms with Gasteiger partial charge in [0.1, 0.15) is 0 Å². The van der Waals surface area contributed by atoms with E-state index in [1.54, 1.807) is 0 Å². The molecule has 5 heteroatoms. The van der Waals surface area contributed by atoms with Crippen molar-refractivity contribution in [1.29, 1.82) is 0 Å². The maximum absolute atomic E-state index is 4.55. The van der Waals surface area contributed by atoms with Gasteiger partial charge in [-0.3, -0.25) is 4.90 Å². The van der Waals surface area contributed by atoms with Gasteiger partial charge >= 0.3 is 0 Å². The molecule has 1 aliphatic heterocycles. The number of nitrogens with zero attached hydrogens (tertiary/aromatic N) is 4. The van der Waals surface area contributed by atoms with Gasteiger partial charge in [-0.1, -0.05) is 13.8 Å². The van der Waals surface area contributed by atoms with Crippen LogP contribution in [0, 0.1) is 0 Å². The summed E-state index contributed by atoms with van der Waals surface area (Å²) < 4.78 is 0. The van der Waals surface area contributed by atoms with Crippen LogP contribution in [0.5, 0.6) is 0 Å². The summed E-state index contributed by atoms with van der Waals surface area (Å²) in [5, 5.41) is 3.37. The molecule has 2 rings (SSSR count). The molecule has 1 atom stereocenters. The quantitative estimate of drug-likeness (QED) is 0.886. The predicted octanol–water partition coefficient (Wildman–Crippen LogP) is 1.65. The van der Waals surface area contributed by atoms with Gasteiger partial charge in [-0.15, -0.1) is 0 Å². The summed E-state index contributed by atoms with van der Waals surface area (Å²) in [7, 11) is 2.19. The van der Waals surface area contributed by atoms with Gasteiger partial charge in [0, 0.05) is 50.7 Å². The number of aromatic nitrogens is 2. The Labute approximate surface area is 122 Å². The topological polar surface area (TPSA) is 44.3 Å². The van der Waals surface area contributed by atoms with E-state index in [-0.39, 0.29) is 0 Å². The van der Waals surface area contributed by atoms with Crippen LogP contribution in [0.3, 0.4) is 0 Å². The molecular weight excluding hydrogens is 250 g/mol. The molecule has 1 saturated heterocycles. The highest BCUT2D eigenvalue weighted by molar-refractivity contribution is 5.26. The van der Waals surface area contributed by atoms with E-state index in [0.29, 0.717) is 12.0 Å². The Balaban J connectivity index is 1.83. The van der Waals surface area contributed by atoms with Crippen molar-refractivity contribution in [3.8, 4) is 0 Å². The second kappa shape index (κ2) is 6.99. The average molecular weight is 277 g/mol. The molecule has 1 unspecified atom stereocenters. The highest BCUT2D eigenvalue weighted by Crippen LogP contribution is 2.12. The lowest BCUT2D eigenvalue weighted by atomic mass is 10.1. The first kappa shape index (κ1) is 15.2. The van der Waals surface area contributed by atoms with E-state index in [2.05, 4.69) is 52.9 Å². The zero-order valence-corrected chi connectivity index (χ0v) is 13.1. The van der Waals surface area contributed by atoms with Crippen LogP contribution in [0.2, 0.25) is 0 Å². The van der Waals surface area contributed by atoms with E-state index < -0.39 is 0 Å². The monoisotopic (exact) mass is 277 g/mol. The lowest BCUT2D eigenvalue weighted by Gasteiger charge is -2.36. The van der Waals surface area contributed by atoms with Crippen molar-refractivity contribution in [2.75, 3.05) is 45.1 Å². The van der Waals surface area contributed by atoms with Crippen LogP contribution in [0.4, 0.5) is 5.95 Å². The molecule has 1 aromatic rings. The molecule has 0 aliphatic carbocycles. The van der Waals surface area contributed by atoms with Gasteiger partial charge < -0.3 is 10.2 Å². The molecule has 5 nitrogen and oxygen atoms in total. The molecule has 20 heavy (non-hydrogen) atoms. The third-order valence-corrected chi connectivity index (χ3v) is 3.99. The van der Waals surface area contributed by atoms with E-state index in [9.17, 15) is 0 Å². The second-order valence-corrected chi connectivity index (χ2v) is 6.03. The predicted molar refractivity (Wildman–Crippen MR) is 83.1 cm³/mol. The molecule has 0 amide bonds. The first-order valence-electron chi connectivity index (χ1n) is 7.55. The zero-order valence-electron chi connectivity index (χ0n) is 13.1. The van der Waals surface area contributed by atoms with Crippen LogP contribution in [-0.2, 0) is 0 Å². The summed E-state index contributed by atoms with van der Waals surface area (Å²) in [5.74, 6) is 1.19. The summed E-state index contributed by atoms with van der Waals surface area (Å²) in [4.78, 5) is 13.8. The van der Waals surface area contributed by atoms with Crippen LogP contribution in [0.15, 0.2) is 12.3 Å². The highest BCUT2D eigenvalue weighted by Gasteiger charge is 2.18. The number of hydrogen-bond donors (Lipinski definition) is 1. The summed E-state index contributed by atoms with van der Waals surface area (Å²) in [5.41, 5.74) is 1.09. The van der Waals surface area contributed by atoms with Crippen LogP contribution >= 0.6 is 0 Å². The van der Waals surface area contributed by atoms with Crippen molar-refractivity contribution in [3.05, 3.63) is 18.0 Å². The van der Waals surface area contributed by atoms with E-state index in [1.165, 1.54) is 0 Å². The van der Waals surface area contributed by atoms with Crippen molar-refractivity contribution in [1.82, 2.24) is 19.8 Å². The Morgan fingerprint density at radius 3 is 2.55 bits per heavy atom. The highest BCUT2D eigenvalue weighted by atomic mass is 15.3. The lowest BCUT2D eigenvalue weighted by Crippen LogP contribution is -2.50. The smallest absolute Gasteiger partial charge is 0.222 e. The Morgan fingerprint density at radius 2 is 1.90 bits per heavy atom. The standard InChI is InChI=1S/C15H27N5/c1-12(2)14-5-6-16-15(18-14)17-11-13(3)20-9-7-19(4)8-10-20/h5-6,12-13H,7-11H2,1-4H3,(H,16,17,18). The molecule has 0 radical (unpaired) electrons. The van der Waals surface area contributed by atoms with Crippen molar-refractivity contribution in [3.63, 3.8) is 0 Å². The average Bonchev–Trinajstić information content (AvgIpc) is 2.46. The molecular formula is C15H27N5. The number of rotatable bonds is 5. The van der Waals surface area contributed by atoms with Gasteiger partial charge in [0.2, 0.25) is 5.95 Å².